The van der Waals surface area contributed by atoms with Crippen LogP contribution in [0.5, 0.6) is 0 Å². The van der Waals surface area contributed by atoms with Crippen molar-refractivity contribution in [1.29, 1.82) is 0 Å². The van der Waals surface area contributed by atoms with Crippen molar-refractivity contribution in [3.05, 3.63) is 71.3 Å². The second-order valence-electron chi connectivity index (χ2n) is 8.00. The highest BCUT2D eigenvalue weighted by Crippen LogP contribution is 2.25. The van der Waals surface area contributed by atoms with Gasteiger partial charge in [0.1, 0.15) is 12.6 Å². The number of amides is 2. The standard InChI is InChI=1S/C24H28N2O3/c27-23(25-21-13-5-2-6-14-21)22-15-19-11-7-8-12-20(19)16-26(22)24(28)29-17-18-9-3-1-4-10-18/h1,3-4,7-12,21-22H,2,5-6,13-17H2,(H,25,27)/t22-/m1/s1. The van der Waals surface area contributed by atoms with Crippen LogP contribution in [-0.2, 0) is 29.1 Å². The van der Waals surface area contributed by atoms with Crippen molar-refractivity contribution >= 4 is 12.0 Å². The molecule has 1 heterocycles. The molecule has 0 bridgehead atoms. The van der Waals surface area contributed by atoms with Crippen molar-refractivity contribution in [2.75, 3.05) is 0 Å². The maximum Gasteiger partial charge on any atom is 0.411 e. The van der Waals surface area contributed by atoms with Gasteiger partial charge in [-0.25, -0.2) is 4.79 Å². The average Bonchev–Trinajstić information content (AvgIpc) is 2.78. The molecule has 5 nitrogen and oxygen atoms in total. The second-order valence-corrected chi connectivity index (χ2v) is 8.00. The van der Waals surface area contributed by atoms with Gasteiger partial charge in [0.05, 0.1) is 6.54 Å². The van der Waals surface area contributed by atoms with E-state index in [-0.39, 0.29) is 18.6 Å². The van der Waals surface area contributed by atoms with Gasteiger partial charge in [0.15, 0.2) is 0 Å². The van der Waals surface area contributed by atoms with Crippen LogP contribution in [0.2, 0.25) is 0 Å². The summed E-state index contributed by atoms with van der Waals surface area (Å²) in [6.07, 6.45) is 5.67. The summed E-state index contributed by atoms with van der Waals surface area (Å²) in [6, 6.07) is 17.3. The molecule has 29 heavy (non-hydrogen) atoms. The number of benzene rings is 2. The predicted octanol–water partition coefficient (Wildman–Crippen LogP) is 4.20. The van der Waals surface area contributed by atoms with Crippen LogP contribution in [0.4, 0.5) is 4.79 Å². The molecule has 4 rings (SSSR count). The van der Waals surface area contributed by atoms with E-state index in [0.29, 0.717) is 13.0 Å². The molecule has 2 aromatic rings. The lowest BCUT2D eigenvalue weighted by molar-refractivity contribution is -0.127. The van der Waals surface area contributed by atoms with Crippen LogP contribution in [0.1, 0.15) is 48.8 Å². The van der Waals surface area contributed by atoms with Crippen molar-refractivity contribution < 1.29 is 14.3 Å². The first-order valence-corrected chi connectivity index (χ1v) is 10.5. The van der Waals surface area contributed by atoms with E-state index in [0.717, 1.165) is 42.4 Å². The number of carbonyl (C=O) groups excluding carboxylic acids is 2. The Labute approximate surface area is 172 Å². The Morgan fingerprint density at radius 2 is 1.62 bits per heavy atom. The number of ether oxygens (including phenoxy) is 1. The molecule has 0 unspecified atom stereocenters. The van der Waals surface area contributed by atoms with Crippen LogP contribution in [0.15, 0.2) is 54.6 Å². The minimum atomic E-state index is -0.532. The first kappa shape index (κ1) is 19.5. The van der Waals surface area contributed by atoms with E-state index in [1.54, 1.807) is 4.90 Å². The Balaban J connectivity index is 1.48. The summed E-state index contributed by atoms with van der Waals surface area (Å²) >= 11 is 0. The molecule has 5 heteroatoms. The molecule has 1 aliphatic carbocycles. The summed E-state index contributed by atoms with van der Waals surface area (Å²) in [6.45, 7) is 0.599. The first-order chi connectivity index (χ1) is 14.2. The molecule has 2 aromatic carbocycles. The second kappa shape index (κ2) is 9.12. The van der Waals surface area contributed by atoms with Gasteiger partial charge >= 0.3 is 6.09 Å². The van der Waals surface area contributed by atoms with Crippen molar-refractivity contribution in [2.45, 2.75) is 63.8 Å². The van der Waals surface area contributed by atoms with E-state index in [2.05, 4.69) is 5.32 Å². The van der Waals surface area contributed by atoms with Crippen molar-refractivity contribution in [2.24, 2.45) is 0 Å². The Kier molecular flexibility index (Phi) is 6.13. The molecule has 2 aliphatic rings. The molecule has 0 aromatic heterocycles. The molecule has 1 fully saturated rings. The minimum absolute atomic E-state index is 0.0666. The van der Waals surface area contributed by atoms with E-state index in [1.165, 1.54) is 6.42 Å². The lowest BCUT2D eigenvalue weighted by Gasteiger charge is -2.36. The Morgan fingerprint density at radius 3 is 2.38 bits per heavy atom. The molecular formula is C24H28N2O3. The van der Waals surface area contributed by atoms with Crippen molar-refractivity contribution in [3.63, 3.8) is 0 Å². The quantitative estimate of drug-likeness (QED) is 0.848. The molecule has 1 N–H and O–H groups in total. The van der Waals surface area contributed by atoms with E-state index in [1.807, 2.05) is 54.6 Å². The maximum atomic E-state index is 13.1. The highest BCUT2D eigenvalue weighted by atomic mass is 16.6. The summed E-state index contributed by atoms with van der Waals surface area (Å²) in [4.78, 5) is 27.6. The van der Waals surface area contributed by atoms with Crippen LogP contribution in [0.3, 0.4) is 0 Å². The Hall–Kier alpha value is -2.82. The molecule has 0 radical (unpaired) electrons. The fraction of sp³-hybridized carbons (Fsp3) is 0.417. The lowest BCUT2D eigenvalue weighted by atomic mass is 9.92. The SMILES string of the molecule is O=C(NC1CCCCC1)[C@H]1Cc2ccccc2CN1C(=O)OCc1ccccc1. The highest BCUT2D eigenvalue weighted by Gasteiger charge is 2.36. The fourth-order valence-electron chi connectivity index (χ4n) is 4.30. The van der Waals surface area contributed by atoms with E-state index in [9.17, 15) is 9.59 Å². The predicted molar refractivity (Wildman–Crippen MR) is 111 cm³/mol. The monoisotopic (exact) mass is 392 g/mol. The van der Waals surface area contributed by atoms with Gasteiger partial charge in [0.25, 0.3) is 0 Å². The van der Waals surface area contributed by atoms with Crippen LogP contribution < -0.4 is 5.32 Å². The maximum absolute atomic E-state index is 13.1. The third kappa shape index (κ3) is 4.78. The molecule has 1 saturated carbocycles. The van der Waals surface area contributed by atoms with Gasteiger partial charge < -0.3 is 10.1 Å². The van der Waals surface area contributed by atoms with Crippen LogP contribution in [-0.4, -0.2) is 29.0 Å². The first-order valence-electron chi connectivity index (χ1n) is 10.5. The van der Waals surface area contributed by atoms with Crippen molar-refractivity contribution in [1.82, 2.24) is 10.2 Å². The molecule has 0 spiro atoms. The molecule has 0 saturated heterocycles. The smallest absolute Gasteiger partial charge is 0.411 e. The van der Waals surface area contributed by atoms with Gasteiger partial charge in [0.2, 0.25) is 5.91 Å². The van der Waals surface area contributed by atoms with E-state index < -0.39 is 12.1 Å². The van der Waals surface area contributed by atoms with Crippen LogP contribution in [0, 0.1) is 0 Å². The van der Waals surface area contributed by atoms with Gasteiger partial charge in [-0.1, -0.05) is 73.9 Å². The average molecular weight is 392 g/mol. The number of fused-ring (bicyclic) bond motifs is 1. The Bertz CT molecular complexity index is 846. The summed E-state index contributed by atoms with van der Waals surface area (Å²) in [5, 5.41) is 3.19. The van der Waals surface area contributed by atoms with Gasteiger partial charge in [0, 0.05) is 12.5 Å². The normalized spacial score (nSPS) is 19.3. The molecule has 1 atom stereocenters. The largest absolute Gasteiger partial charge is 0.445 e. The van der Waals surface area contributed by atoms with Gasteiger partial charge in [-0.3, -0.25) is 9.69 Å². The summed E-state index contributed by atoms with van der Waals surface area (Å²) in [5.41, 5.74) is 3.13. The van der Waals surface area contributed by atoms with E-state index in [4.69, 9.17) is 4.74 Å². The van der Waals surface area contributed by atoms with Crippen molar-refractivity contribution in [3.8, 4) is 0 Å². The number of hydrogen-bond donors (Lipinski definition) is 1. The minimum Gasteiger partial charge on any atom is -0.445 e. The third-order valence-electron chi connectivity index (χ3n) is 5.94. The van der Waals surface area contributed by atoms with Crippen LogP contribution >= 0.6 is 0 Å². The molecule has 152 valence electrons. The number of nitrogens with zero attached hydrogens (tertiary/aromatic N) is 1. The topological polar surface area (TPSA) is 58.6 Å². The van der Waals surface area contributed by atoms with E-state index >= 15 is 0 Å². The number of carbonyl (C=O) groups is 2. The molecule has 1 aliphatic heterocycles. The lowest BCUT2D eigenvalue weighted by Crippen LogP contribution is -2.54. The van der Waals surface area contributed by atoms with Crippen LogP contribution in [0.25, 0.3) is 0 Å². The summed E-state index contributed by atoms with van der Waals surface area (Å²) in [7, 11) is 0. The summed E-state index contributed by atoms with van der Waals surface area (Å²) < 4.78 is 5.56. The molecule has 2 amide bonds. The zero-order chi connectivity index (χ0) is 20.1. The zero-order valence-electron chi connectivity index (χ0n) is 16.7. The zero-order valence-corrected chi connectivity index (χ0v) is 16.7. The number of hydrogen-bond acceptors (Lipinski definition) is 3. The van der Waals surface area contributed by atoms with Gasteiger partial charge in [-0.15, -0.1) is 0 Å². The Morgan fingerprint density at radius 1 is 0.931 bits per heavy atom. The third-order valence-corrected chi connectivity index (χ3v) is 5.94. The number of rotatable bonds is 4. The fourth-order valence-corrected chi connectivity index (χ4v) is 4.30. The van der Waals surface area contributed by atoms with Gasteiger partial charge in [-0.2, -0.15) is 0 Å². The summed E-state index contributed by atoms with van der Waals surface area (Å²) in [5.74, 6) is -0.0666. The number of nitrogens with one attached hydrogen (secondary N) is 1. The molecular weight excluding hydrogens is 364 g/mol. The van der Waals surface area contributed by atoms with Gasteiger partial charge in [-0.05, 0) is 29.5 Å². The highest BCUT2D eigenvalue weighted by molar-refractivity contribution is 5.86.